The molecule has 0 saturated heterocycles. The van der Waals surface area contributed by atoms with E-state index in [0.29, 0.717) is 6.54 Å². The second-order valence-electron chi connectivity index (χ2n) is 5.63. The molecule has 0 amide bonds. The van der Waals surface area contributed by atoms with Crippen LogP contribution in [0.4, 0.5) is 0 Å². The van der Waals surface area contributed by atoms with Gasteiger partial charge in [0.1, 0.15) is 0 Å². The average molecular weight is 529 g/mol. The second kappa shape index (κ2) is 11.9. The van der Waals surface area contributed by atoms with Crippen molar-refractivity contribution in [3.05, 3.63) is 71.6 Å². The molecule has 0 fully saturated rings. The Kier molecular flexibility index (Phi) is 9.59. The molecule has 0 spiro atoms. The van der Waals surface area contributed by atoms with Crippen LogP contribution in [0.15, 0.2) is 70.9 Å². The first kappa shape index (κ1) is 22.5. The predicted molar refractivity (Wildman–Crippen MR) is 127 cm³/mol. The van der Waals surface area contributed by atoms with Gasteiger partial charge in [-0.1, -0.05) is 11.6 Å². The standard InChI is InChI=1S/C19H21ClN6S.HI/c1-21-19(23-10-12-27-17-5-3-16(20)4-6-17)24-14-15-7-9-22-18(13-15)26-11-2-8-25-26;/h2-9,11,13H,10,12,14H2,1H3,(H2,21,23,24);1H. The van der Waals surface area contributed by atoms with Crippen LogP contribution in [-0.2, 0) is 6.54 Å². The van der Waals surface area contributed by atoms with Gasteiger partial charge in [0.2, 0.25) is 0 Å². The van der Waals surface area contributed by atoms with Crippen molar-refractivity contribution >= 4 is 53.3 Å². The highest BCUT2D eigenvalue weighted by molar-refractivity contribution is 14.0. The van der Waals surface area contributed by atoms with Crippen LogP contribution in [0.3, 0.4) is 0 Å². The van der Waals surface area contributed by atoms with Crippen LogP contribution in [0.5, 0.6) is 0 Å². The fourth-order valence-electron chi connectivity index (χ4n) is 2.38. The zero-order chi connectivity index (χ0) is 18.9. The number of aliphatic imine (C=N–C) groups is 1. The Morgan fingerprint density at radius 2 is 2.00 bits per heavy atom. The van der Waals surface area contributed by atoms with Crippen LogP contribution >= 0.6 is 47.3 Å². The molecular formula is C19H22ClIN6S. The van der Waals surface area contributed by atoms with Gasteiger partial charge in [0, 0.05) is 54.4 Å². The minimum atomic E-state index is 0. The Hall–Kier alpha value is -1.78. The molecule has 0 atom stereocenters. The number of pyridine rings is 1. The largest absolute Gasteiger partial charge is 0.356 e. The van der Waals surface area contributed by atoms with Crippen LogP contribution < -0.4 is 10.6 Å². The van der Waals surface area contributed by atoms with Gasteiger partial charge < -0.3 is 10.6 Å². The number of hydrogen-bond acceptors (Lipinski definition) is 4. The van der Waals surface area contributed by atoms with Gasteiger partial charge in [-0.25, -0.2) is 9.67 Å². The van der Waals surface area contributed by atoms with Gasteiger partial charge >= 0.3 is 0 Å². The van der Waals surface area contributed by atoms with Gasteiger partial charge in [-0.3, -0.25) is 4.99 Å². The van der Waals surface area contributed by atoms with Crippen molar-refractivity contribution in [2.24, 2.45) is 4.99 Å². The summed E-state index contributed by atoms with van der Waals surface area (Å²) in [4.78, 5) is 9.81. The molecule has 0 aliphatic carbocycles. The predicted octanol–water partition coefficient (Wildman–Crippen LogP) is 4.00. The van der Waals surface area contributed by atoms with Crippen molar-refractivity contribution in [3.8, 4) is 5.82 Å². The van der Waals surface area contributed by atoms with E-state index in [-0.39, 0.29) is 24.0 Å². The molecule has 28 heavy (non-hydrogen) atoms. The number of guanidine groups is 1. The highest BCUT2D eigenvalue weighted by Gasteiger charge is 2.02. The molecule has 0 radical (unpaired) electrons. The van der Waals surface area contributed by atoms with Crippen LogP contribution in [0.1, 0.15) is 5.56 Å². The molecule has 0 aliphatic rings. The first-order chi connectivity index (χ1) is 13.2. The third kappa shape index (κ3) is 6.99. The zero-order valence-corrected chi connectivity index (χ0v) is 19.3. The molecule has 3 aromatic rings. The fourth-order valence-corrected chi connectivity index (χ4v) is 3.27. The van der Waals surface area contributed by atoms with Gasteiger partial charge in [-0.2, -0.15) is 5.10 Å². The number of aromatic nitrogens is 3. The van der Waals surface area contributed by atoms with Gasteiger partial charge in [-0.15, -0.1) is 35.7 Å². The van der Waals surface area contributed by atoms with Crippen molar-refractivity contribution in [1.29, 1.82) is 0 Å². The summed E-state index contributed by atoms with van der Waals surface area (Å²) in [6.45, 7) is 1.46. The third-order valence-electron chi connectivity index (χ3n) is 3.71. The summed E-state index contributed by atoms with van der Waals surface area (Å²) in [5.41, 5.74) is 1.11. The lowest BCUT2D eigenvalue weighted by atomic mass is 10.2. The summed E-state index contributed by atoms with van der Waals surface area (Å²) in [7, 11) is 1.77. The highest BCUT2D eigenvalue weighted by Crippen LogP contribution is 2.19. The lowest BCUT2D eigenvalue weighted by molar-refractivity contribution is 0.815. The molecule has 0 aliphatic heterocycles. The molecule has 0 unspecified atom stereocenters. The zero-order valence-electron chi connectivity index (χ0n) is 15.4. The Balaban J connectivity index is 0.00000280. The lowest BCUT2D eigenvalue weighted by Crippen LogP contribution is -2.37. The summed E-state index contributed by atoms with van der Waals surface area (Å²) >= 11 is 7.68. The maximum absolute atomic E-state index is 5.90. The summed E-state index contributed by atoms with van der Waals surface area (Å²) in [5, 5.41) is 11.6. The molecule has 148 valence electrons. The van der Waals surface area contributed by atoms with E-state index < -0.39 is 0 Å². The number of benzene rings is 1. The molecule has 2 N–H and O–H groups in total. The van der Waals surface area contributed by atoms with Crippen molar-refractivity contribution in [1.82, 2.24) is 25.4 Å². The highest BCUT2D eigenvalue weighted by atomic mass is 127. The number of halogens is 2. The molecule has 0 saturated carbocycles. The van der Waals surface area contributed by atoms with Crippen LogP contribution in [-0.4, -0.2) is 40.1 Å². The van der Waals surface area contributed by atoms with Crippen LogP contribution in [0, 0.1) is 0 Å². The van der Waals surface area contributed by atoms with E-state index in [1.807, 2.05) is 48.7 Å². The summed E-state index contributed by atoms with van der Waals surface area (Å²) in [5.74, 6) is 2.49. The quantitative estimate of drug-likeness (QED) is 0.160. The van der Waals surface area contributed by atoms with E-state index >= 15 is 0 Å². The van der Waals surface area contributed by atoms with Crippen molar-refractivity contribution in [2.45, 2.75) is 11.4 Å². The first-order valence-corrected chi connectivity index (χ1v) is 9.89. The van der Waals surface area contributed by atoms with Crippen molar-refractivity contribution in [3.63, 3.8) is 0 Å². The maximum atomic E-state index is 5.90. The Labute approximate surface area is 191 Å². The first-order valence-electron chi connectivity index (χ1n) is 8.52. The van der Waals surface area contributed by atoms with E-state index in [1.54, 1.807) is 35.9 Å². The maximum Gasteiger partial charge on any atom is 0.191 e. The van der Waals surface area contributed by atoms with E-state index in [4.69, 9.17) is 11.6 Å². The fraction of sp³-hybridized carbons (Fsp3) is 0.211. The average Bonchev–Trinajstić information content (AvgIpc) is 3.24. The number of nitrogens with zero attached hydrogens (tertiary/aromatic N) is 4. The summed E-state index contributed by atoms with van der Waals surface area (Å²) in [6, 6.07) is 13.7. The normalized spacial score (nSPS) is 11.0. The van der Waals surface area contributed by atoms with E-state index in [2.05, 4.69) is 25.7 Å². The van der Waals surface area contributed by atoms with E-state index in [1.165, 1.54) is 4.90 Å². The number of rotatable bonds is 7. The van der Waals surface area contributed by atoms with E-state index in [0.717, 1.165) is 34.7 Å². The number of hydrogen-bond donors (Lipinski definition) is 2. The lowest BCUT2D eigenvalue weighted by Gasteiger charge is -2.12. The van der Waals surface area contributed by atoms with E-state index in [9.17, 15) is 0 Å². The molecule has 3 rings (SSSR count). The second-order valence-corrected chi connectivity index (χ2v) is 7.23. The minimum absolute atomic E-state index is 0. The number of nitrogens with one attached hydrogen (secondary N) is 2. The Morgan fingerprint density at radius 1 is 1.18 bits per heavy atom. The molecule has 0 bridgehead atoms. The van der Waals surface area contributed by atoms with Gasteiger partial charge in [0.25, 0.3) is 0 Å². The van der Waals surface area contributed by atoms with Crippen LogP contribution in [0.25, 0.3) is 5.82 Å². The molecular weight excluding hydrogens is 507 g/mol. The van der Waals surface area contributed by atoms with Gasteiger partial charge in [0.15, 0.2) is 11.8 Å². The van der Waals surface area contributed by atoms with Crippen LogP contribution in [0.2, 0.25) is 5.02 Å². The SMILES string of the molecule is CN=C(NCCSc1ccc(Cl)cc1)NCc1ccnc(-n2cccn2)c1.I. The van der Waals surface area contributed by atoms with Gasteiger partial charge in [-0.05, 0) is 48.0 Å². The van der Waals surface area contributed by atoms with Gasteiger partial charge in [0.05, 0.1) is 0 Å². The number of thioether (sulfide) groups is 1. The summed E-state index contributed by atoms with van der Waals surface area (Å²) in [6.07, 6.45) is 5.39. The molecule has 1 aromatic carbocycles. The molecule has 2 heterocycles. The molecule has 2 aromatic heterocycles. The topological polar surface area (TPSA) is 67.1 Å². The monoisotopic (exact) mass is 528 g/mol. The summed E-state index contributed by atoms with van der Waals surface area (Å²) < 4.78 is 1.74. The third-order valence-corrected chi connectivity index (χ3v) is 4.98. The van der Waals surface area contributed by atoms with Crippen molar-refractivity contribution < 1.29 is 0 Å². The smallest absolute Gasteiger partial charge is 0.191 e. The molecule has 6 nitrogen and oxygen atoms in total. The Morgan fingerprint density at radius 3 is 2.71 bits per heavy atom. The Bertz CT molecular complexity index is 870. The molecule has 9 heteroatoms. The minimum Gasteiger partial charge on any atom is -0.356 e. The van der Waals surface area contributed by atoms with Crippen molar-refractivity contribution in [2.75, 3.05) is 19.3 Å².